The number of rotatable bonds is 9. The summed E-state index contributed by atoms with van der Waals surface area (Å²) in [5, 5.41) is 0.783. The molecular weight excluding hydrogens is 571 g/mol. The molecule has 5 aromatic rings. The quantitative estimate of drug-likeness (QED) is 0.0817. The molecule has 0 spiro atoms. The highest BCUT2D eigenvalue weighted by Gasteiger charge is 2.42. The van der Waals surface area contributed by atoms with Gasteiger partial charge in [-0.3, -0.25) is 4.40 Å². The molecule has 3 heterocycles. The third kappa shape index (κ3) is 6.50. The summed E-state index contributed by atoms with van der Waals surface area (Å²) in [6.07, 6.45) is 4.76. The van der Waals surface area contributed by atoms with Crippen molar-refractivity contribution in [2.75, 3.05) is 12.3 Å². The van der Waals surface area contributed by atoms with Gasteiger partial charge in [0.15, 0.2) is 5.16 Å². The van der Waals surface area contributed by atoms with Gasteiger partial charge in [0.1, 0.15) is 11.9 Å². The zero-order chi connectivity index (χ0) is 30.5. The largest absolute Gasteiger partial charge is 0.400 e. The maximum atomic E-state index is 12.6. The van der Waals surface area contributed by atoms with E-state index in [2.05, 4.69) is 56.5 Å². The standard InChI is InChI=1S/C31H28N4OS.C2H4F3N/c1-22-29(35-19-9-7-15-28(35)33-22)27-16-18-32-30(34-27)37-20-10-2-8-17-31(21-36)25-13-5-3-11-23(25)24-12-4-6-14-26(24)31;3-2(4,5)1-6/h3-7,9,11-16,18-19,21H,2,8,10,17,20H2,1H3;1,6H2. The molecule has 0 amide bonds. The molecule has 6 rings (SSSR count). The number of hydrogen-bond donors (Lipinski definition) is 1. The molecule has 222 valence electrons. The number of hydrogen-bond acceptors (Lipinski definition) is 6. The van der Waals surface area contributed by atoms with Gasteiger partial charge in [0, 0.05) is 18.1 Å². The molecule has 1 aliphatic rings. The third-order valence-electron chi connectivity index (χ3n) is 7.57. The molecule has 0 atom stereocenters. The number of aryl methyl sites for hydroxylation is 1. The summed E-state index contributed by atoms with van der Waals surface area (Å²) in [5.74, 6) is 0.941. The molecule has 2 aromatic carbocycles. The second kappa shape index (κ2) is 13.1. The molecule has 0 bridgehead atoms. The number of nitrogens with zero attached hydrogens (tertiary/aromatic N) is 4. The van der Waals surface area contributed by atoms with Crippen molar-refractivity contribution >= 4 is 23.7 Å². The van der Waals surface area contributed by atoms with Crippen molar-refractivity contribution in [2.45, 2.75) is 49.4 Å². The lowest BCUT2D eigenvalue weighted by Crippen LogP contribution is -2.27. The average molecular weight is 604 g/mol. The highest BCUT2D eigenvalue weighted by atomic mass is 32.2. The van der Waals surface area contributed by atoms with Gasteiger partial charge >= 0.3 is 6.18 Å². The smallest absolute Gasteiger partial charge is 0.323 e. The number of pyridine rings is 1. The molecule has 6 nitrogen and oxygen atoms in total. The van der Waals surface area contributed by atoms with Crippen molar-refractivity contribution in [3.05, 3.63) is 102 Å². The van der Waals surface area contributed by atoms with Crippen molar-refractivity contribution in [1.82, 2.24) is 19.4 Å². The first-order chi connectivity index (χ1) is 20.8. The van der Waals surface area contributed by atoms with E-state index >= 15 is 0 Å². The normalized spacial score (nSPS) is 13.2. The maximum Gasteiger partial charge on any atom is 0.400 e. The summed E-state index contributed by atoms with van der Waals surface area (Å²) < 4.78 is 34.1. The number of halogens is 3. The van der Waals surface area contributed by atoms with Gasteiger partial charge in [0.25, 0.3) is 0 Å². The molecule has 3 aromatic heterocycles. The second-order valence-corrected chi connectivity index (χ2v) is 11.4. The molecule has 10 heteroatoms. The van der Waals surface area contributed by atoms with Gasteiger partial charge < -0.3 is 10.5 Å². The van der Waals surface area contributed by atoms with Crippen LogP contribution in [-0.2, 0) is 10.2 Å². The van der Waals surface area contributed by atoms with E-state index in [1.165, 1.54) is 17.4 Å². The fourth-order valence-corrected chi connectivity index (χ4v) is 6.45. The Morgan fingerprint density at radius 1 is 0.907 bits per heavy atom. The van der Waals surface area contributed by atoms with Crippen molar-refractivity contribution in [3.8, 4) is 22.5 Å². The number of thioether (sulfide) groups is 1. The van der Waals surface area contributed by atoms with Crippen LogP contribution in [0.1, 0.15) is 42.5 Å². The number of fused-ring (bicyclic) bond motifs is 4. The molecule has 1 aliphatic carbocycles. The van der Waals surface area contributed by atoms with Gasteiger partial charge in [-0.2, -0.15) is 13.2 Å². The van der Waals surface area contributed by atoms with Crippen LogP contribution < -0.4 is 5.73 Å². The summed E-state index contributed by atoms with van der Waals surface area (Å²) in [6, 6.07) is 24.7. The predicted molar refractivity (Wildman–Crippen MR) is 164 cm³/mol. The van der Waals surface area contributed by atoms with Gasteiger partial charge in [-0.25, -0.2) is 15.0 Å². The fraction of sp³-hybridized carbons (Fsp3) is 0.273. The lowest BCUT2D eigenvalue weighted by atomic mass is 9.75. The number of benzene rings is 2. The van der Waals surface area contributed by atoms with E-state index in [-0.39, 0.29) is 0 Å². The van der Waals surface area contributed by atoms with Crippen LogP contribution in [0.25, 0.3) is 28.2 Å². The highest BCUT2D eigenvalue weighted by molar-refractivity contribution is 7.99. The fourth-order valence-electron chi connectivity index (χ4n) is 5.62. The van der Waals surface area contributed by atoms with E-state index in [0.717, 1.165) is 70.4 Å². The second-order valence-electron chi connectivity index (χ2n) is 10.4. The molecular formula is C33H32F3N5OS. The van der Waals surface area contributed by atoms with Crippen LogP contribution in [0, 0.1) is 6.92 Å². The lowest BCUT2D eigenvalue weighted by Gasteiger charge is -2.25. The Kier molecular flexibility index (Phi) is 9.27. The average Bonchev–Trinajstić information content (AvgIpc) is 3.51. The molecule has 0 saturated heterocycles. The van der Waals surface area contributed by atoms with E-state index in [0.29, 0.717) is 0 Å². The van der Waals surface area contributed by atoms with E-state index in [1.54, 1.807) is 11.8 Å². The van der Waals surface area contributed by atoms with Crippen molar-refractivity contribution in [1.29, 1.82) is 0 Å². The van der Waals surface area contributed by atoms with Crippen LogP contribution in [-0.4, -0.2) is 44.1 Å². The van der Waals surface area contributed by atoms with Crippen LogP contribution in [0.15, 0.2) is 90.3 Å². The first-order valence-corrected chi connectivity index (χ1v) is 15.1. The summed E-state index contributed by atoms with van der Waals surface area (Å²) in [6.45, 7) is 0.789. The number of imidazole rings is 1. The lowest BCUT2D eigenvalue weighted by molar-refractivity contribution is -0.118. The maximum absolute atomic E-state index is 12.6. The Morgan fingerprint density at radius 3 is 2.21 bits per heavy atom. The zero-order valence-corrected chi connectivity index (χ0v) is 24.5. The van der Waals surface area contributed by atoms with Crippen molar-refractivity contribution < 1.29 is 18.0 Å². The van der Waals surface area contributed by atoms with Gasteiger partial charge in [-0.05, 0) is 60.2 Å². The minimum atomic E-state index is -4.18. The van der Waals surface area contributed by atoms with Gasteiger partial charge in [0.05, 0.1) is 29.0 Å². The molecule has 43 heavy (non-hydrogen) atoms. The number of alkyl halides is 3. The summed E-state index contributed by atoms with van der Waals surface area (Å²) >= 11 is 1.69. The molecule has 2 N–H and O–H groups in total. The topological polar surface area (TPSA) is 86.2 Å². The summed E-state index contributed by atoms with van der Waals surface area (Å²) in [4.78, 5) is 26.5. The first-order valence-electron chi connectivity index (χ1n) is 14.1. The van der Waals surface area contributed by atoms with E-state index in [1.807, 2.05) is 55.7 Å². The molecule has 0 saturated carbocycles. The van der Waals surface area contributed by atoms with Crippen LogP contribution in [0.5, 0.6) is 0 Å². The molecule has 0 fully saturated rings. The van der Waals surface area contributed by atoms with Gasteiger partial charge in [-0.15, -0.1) is 0 Å². The zero-order valence-electron chi connectivity index (χ0n) is 23.7. The summed E-state index contributed by atoms with van der Waals surface area (Å²) in [7, 11) is 0. The van der Waals surface area contributed by atoms with Crippen LogP contribution in [0.2, 0.25) is 0 Å². The van der Waals surface area contributed by atoms with Crippen LogP contribution in [0.4, 0.5) is 13.2 Å². The number of aldehydes is 1. The Labute approximate surface area is 252 Å². The Hall–Kier alpha value is -4.02. The number of carbonyl (C=O) groups excluding carboxylic acids is 1. The summed E-state index contributed by atoms with van der Waals surface area (Å²) in [5.41, 5.74) is 12.1. The number of nitrogens with two attached hydrogens (primary N) is 1. The Morgan fingerprint density at radius 2 is 1.56 bits per heavy atom. The Balaban J connectivity index is 0.000000559. The van der Waals surface area contributed by atoms with Crippen molar-refractivity contribution in [3.63, 3.8) is 0 Å². The third-order valence-corrected chi connectivity index (χ3v) is 8.51. The van der Waals surface area contributed by atoms with E-state index < -0.39 is 18.1 Å². The Bertz CT molecular complexity index is 1670. The molecule has 0 radical (unpaired) electrons. The van der Waals surface area contributed by atoms with Crippen LogP contribution in [0.3, 0.4) is 0 Å². The van der Waals surface area contributed by atoms with Crippen LogP contribution >= 0.6 is 11.8 Å². The molecule has 0 aliphatic heterocycles. The SMILES string of the molecule is Cc1nc2ccccn2c1-c1ccnc(SCCCCCC2(C=O)c3ccccc3-c3ccccc32)n1.NCC(F)(F)F. The highest BCUT2D eigenvalue weighted by Crippen LogP contribution is 2.50. The molecule has 0 unspecified atom stereocenters. The number of unbranched alkanes of at least 4 members (excludes halogenated alkanes) is 2. The first kappa shape index (κ1) is 30.4. The number of aromatic nitrogens is 4. The number of carbonyl (C=O) groups is 1. The van der Waals surface area contributed by atoms with Crippen molar-refractivity contribution in [2.24, 2.45) is 5.73 Å². The predicted octanol–water partition coefficient (Wildman–Crippen LogP) is 7.43. The minimum Gasteiger partial charge on any atom is -0.323 e. The van der Waals surface area contributed by atoms with E-state index in [4.69, 9.17) is 4.98 Å². The minimum absolute atomic E-state index is 0.538. The van der Waals surface area contributed by atoms with Gasteiger partial charge in [0.2, 0.25) is 0 Å². The van der Waals surface area contributed by atoms with E-state index in [9.17, 15) is 18.0 Å². The van der Waals surface area contributed by atoms with Gasteiger partial charge in [-0.1, -0.05) is 79.2 Å². The monoisotopic (exact) mass is 603 g/mol.